The van der Waals surface area contributed by atoms with E-state index >= 15 is 0 Å². The Morgan fingerprint density at radius 1 is 0.941 bits per heavy atom. The van der Waals surface area contributed by atoms with E-state index in [0.29, 0.717) is 0 Å². The maximum atomic E-state index is 13.2. The maximum absolute atomic E-state index is 13.2. The fraction of sp³-hybridized carbons (Fsp3) is 0.143. The van der Waals surface area contributed by atoms with Gasteiger partial charge in [0, 0.05) is 10.6 Å². The number of hydrogen-bond acceptors (Lipinski definition) is 2. The summed E-state index contributed by atoms with van der Waals surface area (Å²) in [4.78, 5) is 0. The van der Waals surface area contributed by atoms with Crippen molar-refractivity contribution in [2.24, 2.45) is 0 Å². The van der Waals surface area contributed by atoms with Crippen LogP contribution in [0.3, 0.4) is 0 Å². The van der Waals surface area contributed by atoms with Crippen LogP contribution in [-0.4, -0.2) is 6.26 Å². The van der Waals surface area contributed by atoms with Crippen LogP contribution in [0.1, 0.15) is 5.56 Å². The van der Waals surface area contributed by atoms with E-state index in [0.717, 1.165) is 16.2 Å². The third kappa shape index (κ3) is 2.34. The van der Waals surface area contributed by atoms with E-state index in [-0.39, 0.29) is 0 Å². The number of rotatable bonds is 3. The zero-order chi connectivity index (χ0) is 12.3. The normalized spacial score (nSPS) is 14.2. The fourth-order valence-corrected chi connectivity index (χ4v) is 6.13. The second-order valence-electron chi connectivity index (χ2n) is 3.86. The van der Waals surface area contributed by atoms with E-state index in [2.05, 4.69) is 0 Å². The van der Waals surface area contributed by atoms with Crippen molar-refractivity contribution in [1.29, 1.82) is 0 Å². The predicted octanol–water partition coefficient (Wildman–Crippen LogP) is 3.59. The average molecular weight is 262 g/mol. The molecule has 1 atom stereocenters. The lowest BCUT2D eigenvalue weighted by Crippen LogP contribution is -2.15. The van der Waals surface area contributed by atoms with E-state index < -0.39 is 6.34 Å². The minimum absolute atomic E-state index is 0.918. The number of aryl methyl sites for hydroxylation is 1. The quantitative estimate of drug-likeness (QED) is 0.786. The van der Waals surface area contributed by atoms with Crippen LogP contribution in [0.25, 0.3) is 0 Å². The van der Waals surface area contributed by atoms with E-state index in [9.17, 15) is 4.57 Å². The van der Waals surface area contributed by atoms with Gasteiger partial charge in [-0.3, -0.25) is 0 Å². The summed E-state index contributed by atoms with van der Waals surface area (Å²) in [5.74, 6) is 0. The van der Waals surface area contributed by atoms with Gasteiger partial charge in [-0.25, -0.2) is 0 Å². The standard InChI is InChI=1S/C14H15OPS/c1-12-8-6-7-11-14(12)16(15,17-2)13-9-4-3-5-10-13/h3-11H,1-2H3/t16-/m1/s1. The Kier molecular flexibility index (Phi) is 3.76. The average Bonchev–Trinajstić information content (AvgIpc) is 2.39. The van der Waals surface area contributed by atoms with Gasteiger partial charge in [-0.2, -0.15) is 0 Å². The highest BCUT2D eigenvalue weighted by Gasteiger charge is 2.27. The van der Waals surface area contributed by atoms with Gasteiger partial charge >= 0.3 is 0 Å². The van der Waals surface area contributed by atoms with Crippen molar-refractivity contribution in [3.63, 3.8) is 0 Å². The Morgan fingerprint density at radius 3 is 2.12 bits per heavy atom. The molecule has 1 nitrogen and oxygen atoms in total. The molecule has 0 N–H and O–H groups in total. The van der Waals surface area contributed by atoms with Crippen LogP contribution in [0.5, 0.6) is 0 Å². The van der Waals surface area contributed by atoms with Crippen molar-refractivity contribution in [3.05, 3.63) is 60.2 Å². The molecule has 0 saturated carbocycles. The van der Waals surface area contributed by atoms with Gasteiger partial charge in [0.15, 0.2) is 6.34 Å². The summed E-state index contributed by atoms with van der Waals surface area (Å²) in [6.07, 6.45) is -0.609. The lowest BCUT2D eigenvalue weighted by molar-refractivity contribution is 0.595. The van der Waals surface area contributed by atoms with Crippen molar-refractivity contribution in [1.82, 2.24) is 0 Å². The highest BCUT2D eigenvalue weighted by Crippen LogP contribution is 2.55. The molecule has 0 radical (unpaired) electrons. The summed E-state index contributed by atoms with van der Waals surface area (Å²) in [6, 6.07) is 17.6. The van der Waals surface area contributed by atoms with Gasteiger partial charge in [0.2, 0.25) is 0 Å². The zero-order valence-electron chi connectivity index (χ0n) is 9.96. The third-order valence-corrected chi connectivity index (χ3v) is 8.18. The van der Waals surface area contributed by atoms with Crippen LogP contribution < -0.4 is 10.6 Å². The molecule has 0 heterocycles. The first kappa shape index (κ1) is 12.5. The third-order valence-electron chi connectivity index (χ3n) is 2.79. The van der Waals surface area contributed by atoms with Crippen molar-refractivity contribution >= 4 is 28.3 Å². The highest BCUT2D eigenvalue weighted by molar-refractivity contribution is 8.62. The molecular formula is C14H15OPS. The summed E-state index contributed by atoms with van der Waals surface area (Å²) < 4.78 is 13.2. The molecule has 0 aliphatic rings. The van der Waals surface area contributed by atoms with Crippen LogP contribution in [-0.2, 0) is 4.57 Å². The lowest BCUT2D eigenvalue weighted by Gasteiger charge is -2.18. The molecule has 2 aromatic rings. The Morgan fingerprint density at radius 2 is 1.53 bits per heavy atom. The molecule has 0 amide bonds. The van der Waals surface area contributed by atoms with Gasteiger partial charge < -0.3 is 4.57 Å². The molecule has 0 saturated heterocycles. The molecule has 3 heteroatoms. The molecule has 0 aliphatic heterocycles. The molecule has 0 unspecified atom stereocenters. The fourth-order valence-electron chi connectivity index (χ4n) is 1.86. The van der Waals surface area contributed by atoms with E-state index in [1.165, 1.54) is 11.4 Å². The van der Waals surface area contributed by atoms with Crippen molar-refractivity contribution in [2.45, 2.75) is 6.92 Å². The Labute approximate surface area is 106 Å². The smallest absolute Gasteiger partial charge is 0.195 e. The van der Waals surface area contributed by atoms with Crippen LogP contribution >= 0.6 is 17.7 Å². The van der Waals surface area contributed by atoms with Gasteiger partial charge in [-0.1, -0.05) is 66.0 Å². The van der Waals surface area contributed by atoms with Crippen LogP contribution in [0, 0.1) is 6.92 Å². The molecule has 0 spiro atoms. The summed E-state index contributed by atoms with van der Waals surface area (Å²) in [7, 11) is 0. The molecule has 0 aliphatic carbocycles. The molecule has 17 heavy (non-hydrogen) atoms. The minimum Gasteiger partial charge on any atom is -0.302 e. The van der Waals surface area contributed by atoms with Crippen LogP contribution in [0.2, 0.25) is 0 Å². The molecular weight excluding hydrogens is 247 g/mol. The van der Waals surface area contributed by atoms with E-state index in [1.807, 2.05) is 67.8 Å². The molecule has 2 aromatic carbocycles. The van der Waals surface area contributed by atoms with E-state index in [1.54, 1.807) is 0 Å². The summed E-state index contributed by atoms with van der Waals surface area (Å²) in [6.45, 7) is 2.02. The second-order valence-corrected chi connectivity index (χ2v) is 8.96. The van der Waals surface area contributed by atoms with Gasteiger partial charge in [0.1, 0.15) is 0 Å². The number of benzene rings is 2. The SMILES string of the molecule is CS[P@](=O)(c1ccccc1)c1ccccc1C. The summed E-state index contributed by atoms with van der Waals surface area (Å²) in [5, 5.41) is 1.88. The molecule has 0 bridgehead atoms. The second kappa shape index (κ2) is 5.12. The first-order chi connectivity index (χ1) is 8.18. The lowest BCUT2D eigenvalue weighted by atomic mass is 10.2. The minimum atomic E-state index is -2.53. The van der Waals surface area contributed by atoms with Gasteiger partial charge in [-0.05, 0) is 18.7 Å². The van der Waals surface area contributed by atoms with Crippen molar-refractivity contribution in [2.75, 3.05) is 6.26 Å². The summed E-state index contributed by atoms with van der Waals surface area (Å²) in [5.41, 5.74) is 1.09. The molecule has 88 valence electrons. The topological polar surface area (TPSA) is 17.1 Å². The molecule has 0 aromatic heterocycles. The zero-order valence-corrected chi connectivity index (χ0v) is 11.7. The Bertz CT molecular complexity index is 551. The van der Waals surface area contributed by atoms with Crippen molar-refractivity contribution < 1.29 is 4.57 Å². The first-order valence-electron chi connectivity index (χ1n) is 5.46. The molecule has 0 fully saturated rings. The monoisotopic (exact) mass is 262 g/mol. The Hall–Kier alpha value is -0.980. The highest BCUT2D eigenvalue weighted by atomic mass is 32.7. The van der Waals surface area contributed by atoms with Crippen LogP contribution in [0.4, 0.5) is 0 Å². The maximum Gasteiger partial charge on any atom is 0.195 e. The predicted molar refractivity (Wildman–Crippen MR) is 78.0 cm³/mol. The van der Waals surface area contributed by atoms with Crippen molar-refractivity contribution in [3.8, 4) is 0 Å². The van der Waals surface area contributed by atoms with Gasteiger partial charge in [-0.15, -0.1) is 0 Å². The van der Waals surface area contributed by atoms with Crippen LogP contribution in [0.15, 0.2) is 54.6 Å². The summed E-state index contributed by atoms with van der Waals surface area (Å²) >= 11 is 1.45. The number of hydrogen-bond donors (Lipinski definition) is 0. The largest absolute Gasteiger partial charge is 0.302 e. The first-order valence-corrected chi connectivity index (χ1v) is 9.00. The van der Waals surface area contributed by atoms with Gasteiger partial charge in [0.05, 0.1) is 0 Å². The van der Waals surface area contributed by atoms with E-state index in [4.69, 9.17) is 0 Å². The van der Waals surface area contributed by atoms with Gasteiger partial charge in [0.25, 0.3) is 0 Å². The molecule has 2 rings (SSSR count). The Balaban J connectivity index is 2.61.